The fraction of sp³-hybridized carbons (Fsp3) is 0.143. The summed E-state index contributed by atoms with van der Waals surface area (Å²) >= 11 is 0. The van der Waals surface area contributed by atoms with Gasteiger partial charge in [0.1, 0.15) is 23.1 Å². The molecule has 0 radical (unpaired) electrons. The molecule has 152 valence electrons. The van der Waals surface area contributed by atoms with Crippen molar-refractivity contribution in [2.24, 2.45) is 0 Å². The molecule has 0 spiro atoms. The van der Waals surface area contributed by atoms with Gasteiger partial charge < -0.3 is 10.1 Å². The molecule has 4 rings (SSSR count). The first kappa shape index (κ1) is 19.3. The van der Waals surface area contributed by atoms with Gasteiger partial charge in [-0.1, -0.05) is 12.1 Å². The Kier molecular flexibility index (Phi) is 5.25. The number of fused-ring (bicyclic) bond motifs is 1. The quantitative estimate of drug-likeness (QED) is 0.464. The second kappa shape index (κ2) is 8.16. The molecule has 3 heterocycles. The van der Waals surface area contributed by atoms with Crippen molar-refractivity contribution < 1.29 is 13.9 Å². The number of H-pyrrole nitrogens is 1. The standard InChI is InChI=1S/C21H19FN6O2/c1-12(13-3-5-15(22)6-4-13)25-21(29)26-19-8-18-17(11-24-19)20(28-27-18)14-7-16(30-2)10-23-9-14/h3-12H,1-2H3,(H,27,28)(H2,24,25,26,29). The zero-order valence-electron chi connectivity index (χ0n) is 16.3. The Morgan fingerprint density at radius 3 is 2.73 bits per heavy atom. The summed E-state index contributed by atoms with van der Waals surface area (Å²) in [5.41, 5.74) is 2.98. The van der Waals surface area contributed by atoms with Crippen molar-refractivity contribution in [1.29, 1.82) is 0 Å². The minimum absolute atomic E-state index is 0.298. The van der Waals surface area contributed by atoms with E-state index in [4.69, 9.17) is 4.74 Å². The first-order valence-corrected chi connectivity index (χ1v) is 9.20. The van der Waals surface area contributed by atoms with Crippen molar-refractivity contribution in [3.8, 4) is 17.0 Å². The number of pyridine rings is 2. The third-order valence-corrected chi connectivity index (χ3v) is 4.63. The number of carbonyl (C=O) groups excluding carboxylic acids is 1. The molecule has 9 heteroatoms. The van der Waals surface area contributed by atoms with Gasteiger partial charge in [0.2, 0.25) is 0 Å². The third-order valence-electron chi connectivity index (χ3n) is 4.63. The number of ether oxygens (including phenoxy) is 1. The first-order chi connectivity index (χ1) is 14.5. The van der Waals surface area contributed by atoms with E-state index in [2.05, 4.69) is 30.8 Å². The fourth-order valence-electron chi connectivity index (χ4n) is 3.05. The number of hydrogen-bond acceptors (Lipinski definition) is 5. The van der Waals surface area contributed by atoms with Crippen molar-refractivity contribution in [3.05, 3.63) is 66.4 Å². The fourth-order valence-corrected chi connectivity index (χ4v) is 3.05. The van der Waals surface area contributed by atoms with Crippen LogP contribution in [0.2, 0.25) is 0 Å². The predicted molar refractivity (Wildman–Crippen MR) is 111 cm³/mol. The number of halogens is 1. The van der Waals surface area contributed by atoms with Gasteiger partial charge in [0.15, 0.2) is 0 Å². The molecule has 1 aromatic carbocycles. The highest BCUT2D eigenvalue weighted by molar-refractivity contribution is 5.95. The summed E-state index contributed by atoms with van der Waals surface area (Å²) in [5, 5.41) is 13.6. The maximum absolute atomic E-state index is 13.1. The summed E-state index contributed by atoms with van der Waals surface area (Å²) in [7, 11) is 1.57. The highest BCUT2D eigenvalue weighted by atomic mass is 19.1. The van der Waals surface area contributed by atoms with E-state index < -0.39 is 6.03 Å². The van der Waals surface area contributed by atoms with Crippen LogP contribution < -0.4 is 15.4 Å². The number of urea groups is 1. The van der Waals surface area contributed by atoms with Gasteiger partial charge in [-0.15, -0.1) is 0 Å². The Morgan fingerprint density at radius 2 is 1.97 bits per heavy atom. The number of amides is 2. The molecule has 0 aliphatic carbocycles. The van der Waals surface area contributed by atoms with E-state index in [9.17, 15) is 9.18 Å². The molecule has 3 N–H and O–H groups in total. The van der Waals surface area contributed by atoms with E-state index in [0.29, 0.717) is 22.8 Å². The van der Waals surface area contributed by atoms with Crippen LogP contribution in [0.4, 0.5) is 15.0 Å². The van der Waals surface area contributed by atoms with Crippen molar-refractivity contribution in [1.82, 2.24) is 25.5 Å². The predicted octanol–water partition coefficient (Wildman–Crippen LogP) is 4.05. The molecule has 4 aromatic rings. The molecule has 1 atom stereocenters. The van der Waals surface area contributed by atoms with Crippen LogP contribution in [-0.4, -0.2) is 33.3 Å². The SMILES string of the molecule is COc1cncc(-c2n[nH]c3cc(NC(=O)NC(C)c4ccc(F)cc4)ncc23)c1. The van der Waals surface area contributed by atoms with Gasteiger partial charge in [-0.05, 0) is 30.7 Å². The molecule has 2 amide bonds. The Labute approximate surface area is 171 Å². The van der Waals surface area contributed by atoms with Crippen molar-refractivity contribution >= 4 is 22.8 Å². The first-order valence-electron chi connectivity index (χ1n) is 9.20. The molecule has 8 nitrogen and oxygen atoms in total. The monoisotopic (exact) mass is 406 g/mol. The molecule has 0 fully saturated rings. The van der Waals surface area contributed by atoms with Crippen LogP contribution in [0.3, 0.4) is 0 Å². The van der Waals surface area contributed by atoms with Crippen LogP contribution in [0, 0.1) is 5.82 Å². The highest BCUT2D eigenvalue weighted by Crippen LogP contribution is 2.28. The summed E-state index contributed by atoms with van der Waals surface area (Å²) in [6.45, 7) is 1.81. The molecule has 0 bridgehead atoms. The van der Waals surface area contributed by atoms with Crippen molar-refractivity contribution in [2.75, 3.05) is 12.4 Å². The zero-order chi connectivity index (χ0) is 21.1. The molecule has 3 aromatic heterocycles. The van der Waals surface area contributed by atoms with E-state index in [-0.39, 0.29) is 11.9 Å². The minimum atomic E-state index is -0.421. The zero-order valence-corrected chi connectivity index (χ0v) is 16.3. The van der Waals surface area contributed by atoms with E-state index >= 15 is 0 Å². The van der Waals surface area contributed by atoms with Gasteiger partial charge in [-0.25, -0.2) is 14.2 Å². The number of aromatic amines is 1. The number of hydrogen-bond donors (Lipinski definition) is 3. The number of rotatable bonds is 5. The molecular formula is C21H19FN6O2. The summed E-state index contributed by atoms with van der Waals surface area (Å²) in [4.78, 5) is 20.8. The summed E-state index contributed by atoms with van der Waals surface area (Å²) in [6, 6.07) is 8.78. The summed E-state index contributed by atoms with van der Waals surface area (Å²) in [5.74, 6) is 0.670. The van der Waals surface area contributed by atoms with Gasteiger partial charge in [0.05, 0.1) is 24.9 Å². The van der Waals surface area contributed by atoms with Gasteiger partial charge in [0.25, 0.3) is 0 Å². The number of anilines is 1. The molecule has 0 saturated heterocycles. The molecule has 0 saturated carbocycles. The van der Waals surface area contributed by atoms with Gasteiger partial charge >= 0.3 is 6.03 Å². The maximum Gasteiger partial charge on any atom is 0.320 e. The number of aromatic nitrogens is 4. The second-order valence-electron chi connectivity index (χ2n) is 6.67. The smallest absolute Gasteiger partial charge is 0.320 e. The number of nitrogens with zero attached hydrogens (tertiary/aromatic N) is 3. The lowest BCUT2D eigenvalue weighted by molar-refractivity contribution is 0.249. The number of nitrogens with one attached hydrogen (secondary N) is 3. The van der Waals surface area contributed by atoms with Crippen LogP contribution in [0.5, 0.6) is 5.75 Å². The lowest BCUT2D eigenvalue weighted by Crippen LogP contribution is -2.31. The highest BCUT2D eigenvalue weighted by Gasteiger charge is 2.13. The van der Waals surface area contributed by atoms with Gasteiger partial charge in [0, 0.05) is 29.4 Å². The van der Waals surface area contributed by atoms with Crippen LogP contribution in [0.1, 0.15) is 18.5 Å². The van der Waals surface area contributed by atoms with Gasteiger partial charge in [-0.2, -0.15) is 5.10 Å². The average molecular weight is 406 g/mol. The van der Waals surface area contributed by atoms with Crippen molar-refractivity contribution in [3.63, 3.8) is 0 Å². The molecule has 1 unspecified atom stereocenters. The average Bonchev–Trinajstić information content (AvgIpc) is 3.17. The Hall–Kier alpha value is -4.01. The van der Waals surface area contributed by atoms with Crippen LogP contribution in [0.25, 0.3) is 22.2 Å². The normalized spacial score (nSPS) is 11.8. The van der Waals surface area contributed by atoms with Crippen LogP contribution >= 0.6 is 0 Å². The molecule has 30 heavy (non-hydrogen) atoms. The molecule has 0 aliphatic rings. The van der Waals surface area contributed by atoms with Crippen LogP contribution in [0.15, 0.2) is 55.0 Å². The largest absolute Gasteiger partial charge is 0.495 e. The lowest BCUT2D eigenvalue weighted by Gasteiger charge is -2.14. The maximum atomic E-state index is 13.1. The van der Waals surface area contributed by atoms with E-state index in [1.54, 1.807) is 43.9 Å². The molecular weight excluding hydrogens is 387 g/mol. The lowest BCUT2D eigenvalue weighted by atomic mass is 10.1. The van der Waals surface area contributed by atoms with Crippen LogP contribution in [-0.2, 0) is 0 Å². The summed E-state index contributed by atoms with van der Waals surface area (Å²) < 4.78 is 18.3. The second-order valence-corrected chi connectivity index (χ2v) is 6.67. The van der Waals surface area contributed by atoms with Crippen molar-refractivity contribution in [2.45, 2.75) is 13.0 Å². The number of carbonyl (C=O) groups is 1. The third kappa shape index (κ3) is 4.04. The summed E-state index contributed by atoms with van der Waals surface area (Å²) in [6.07, 6.45) is 4.94. The van der Waals surface area contributed by atoms with Gasteiger partial charge in [-0.3, -0.25) is 15.4 Å². The van der Waals surface area contributed by atoms with E-state index in [0.717, 1.165) is 16.5 Å². The van der Waals surface area contributed by atoms with E-state index in [1.807, 2.05) is 13.0 Å². The number of benzene rings is 1. The minimum Gasteiger partial charge on any atom is -0.495 e. The topological polar surface area (TPSA) is 105 Å². The van der Waals surface area contributed by atoms with E-state index in [1.165, 1.54) is 12.1 Å². The number of methoxy groups -OCH3 is 1. The molecule has 0 aliphatic heterocycles. The Balaban J connectivity index is 1.48. The Morgan fingerprint density at radius 1 is 1.17 bits per heavy atom. The Bertz CT molecular complexity index is 1190.